The summed E-state index contributed by atoms with van der Waals surface area (Å²) in [7, 11) is 0. The lowest BCUT2D eigenvalue weighted by Gasteiger charge is -2.28. The maximum Gasteiger partial charge on any atom is 0.405 e. The van der Waals surface area contributed by atoms with Crippen LogP contribution in [-0.2, 0) is 0 Å². The number of hydrogen-bond acceptors (Lipinski definition) is 4. The van der Waals surface area contributed by atoms with Crippen molar-refractivity contribution >= 4 is 29.3 Å². The van der Waals surface area contributed by atoms with E-state index in [4.69, 9.17) is 11.6 Å². The minimum absolute atomic E-state index is 0.0459. The second-order valence-electron chi connectivity index (χ2n) is 9.10. The maximum absolute atomic E-state index is 14.1. The van der Waals surface area contributed by atoms with Crippen LogP contribution in [-0.4, -0.2) is 46.8 Å². The first kappa shape index (κ1) is 23.2. The number of nitrogens with one attached hydrogen (secondary N) is 2. The average Bonchev–Trinajstić information content (AvgIpc) is 3.49. The van der Waals surface area contributed by atoms with Crippen LogP contribution in [0.4, 0.5) is 19.3 Å². The minimum atomic E-state index is -1.16. The quantitative estimate of drug-likeness (QED) is 0.570. The molecule has 33 heavy (non-hydrogen) atoms. The van der Waals surface area contributed by atoms with Crippen LogP contribution < -0.4 is 15.5 Å². The Labute approximate surface area is 195 Å². The van der Waals surface area contributed by atoms with Gasteiger partial charge in [-0.15, -0.1) is 0 Å². The molecule has 1 aromatic heterocycles. The largest absolute Gasteiger partial charge is 0.465 e. The van der Waals surface area contributed by atoms with E-state index in [2.05, 4.69) is 15.6 Å². The van der Waals surface area contributed by atoms with E-state index in [1.165, 1.54) is 6.20 Å². The fraction of sp³-hybridized carbons (Fsp3) is 0.435. The number of benzene rings is 1. The zero-order valence-corrected chi connectivity index (χ0v) is 19.0. The number of pyridine rings is 1. The summed E-state index contributed by atoms with van der Waals surface area (Å²) in [5, 5.41) is 14.8. The van der Waals surface area contributed by atoms with Gasteiger partial charge in [0, 0.05) is 37.0 Å². The molecule has 1 aromatic carbocycles. The highest BCUT2D eigenvalue weighted by Gasteiger charge is 2.39. The van der Waals surface area contributed by atoms with Gasteiger partial charge in [-0.1, -0.05) is 11.6 Å². The molecule has 1 unspecified atom stereocenters. The fourth-order valence-electron chi connectivity index (χ4n) is 4.43. The third-order valence-corrected chi connectivity index (χ3v) is 6.55. The van der Waals surface area contributed by atoms with E-state index in [1.807, 2.05) is 6.92 Å². The fourth-order valence-corrected chi connectivity index (χ4v) is 4.67. The van der Waals surface area contributed by atoms with Crippen molar-refractivity contribution in [3.8, 4) is 11.1 Å². The zero-order valence-electron chi connectivity index (χ0n) is 18.3. The number of aromatic nitrogens is 1. The predicted octanol–water partition coefficient (Wildman–Crippen LogP) is 4.44. The first-order valence-corrected chi connectivity index (χ1v) is 11.2. The highest BCUT2D eigenvalue weighted by molar-refractivity contribution is 6.34. The van der Waals surface area contributed by atoms with Crippen LogP contribution in [0.5, 0.6) is 0 Å². The van der Waals surface area contributed by atoms with E-state index >= 15 is 0 Å². The van der Waals surface area contributed by atoms with Gasteiger partial charge < -0.3 is 20.6 Å². The molecule has 0 spiro atoms. The van der Waals surface area contributed by atoms with Crippen LogP contribution in [0.25, 0.3) is 11.1 Å². The van der Waals surface area contributed by atoms with Crippen molar-refractivity contribution in [2.75, 3.05) is 18.0 Å². The van der Waals surface area contributed by atoms with Crippen LogP contribution in [0.2, 0.25) is 5.02 Å². The molecule has 2 heterocycles. The lowest BCUT2D eigenvalue weighted by molar-refractivity contribution is 0.0931. The van der Waals surface area contributed by atoms with Crippen molar-refractivity contribution in [2.24, 2.45) is 5.92 Å². The molecule has 1 aliphatic heterocycles. The summed E-state index contributed by atoms with van der Waals surface area (Å²) >= 11 is 6.47. The number of halogens is 3. The molecule has 1 aliphatic carbocycles. The van der Waals surface area contributed by atoms with Gasteiger partial charge in [0.05, 0.1) is 16.2 Å². The summed E-state index contributed by atoms with van der Waals surface area (Å²) in [6, 6.07) is 3.00. The van der Waals surface area contributed by atoms with Crippen LogP contribution in [0.15, 0.2) is 24.4 Å². The number of hydrogen-bond donors (Lipinski definition) is 3. The standard InChI is InChI=1S/C23H25ClF2N4O3/c1-12(13-3-4-13)28-21(31)19-20(30-6-5-23(2,11-30)29-22(32)33)18(17(24)10-27-19)14-7-15(25)9-16(26)8-14/h7-10,12-13,29H,3-6,11H2,1-2H3,(H,28,31)(H,32,33)/t12?,23-/m0/s1. The molecule has 1 saturated heterocycles. The highest BCUT2D eigenvalue weighted by atomic mass is 35.5. The van der Waals surface area contributed by atoms with Gasteiger partial charge in [-0.05, 0) is 56.7 Å². The lowest BCUT2D eigenvalue weighted by atomic mass is 10.0. The molecule has 0 radical (unpaired) electrons. The highest BCUT2D eigenvalue weighted by Crippen LogP contribution is 2.42. The normalized spacial score (nSPS) is 21.1. The molecule has 3 N–H and O–H groups in total. The number of nitrogens with zero attached hydrogens (tertiary/aromatic N) is 2. The number of carbonyl (C=O) groups excluding carboxylic acids is 1. The summed E-state index contributed by atoms with van der Waals surface area (Å²) in [4.78, 5) is 30.6. The second kappa shape index (κ2) is 8.78. The number of carbonyl (C=O) groups is 2. The summed E-state index contributed by atoms with van der Waals surface area (Å²) in [5.41, 5.74) is 0.0520. The molecule has 4 rings (SSSR count). The first-order valence-electron chi connectivity index (χ1n) is 10.8. The molecule has 0 bridgehead atoms. The summed E-state index contributed by atoms with van der Waals surface area (Å²) in [6.07, 6.45) is 2.68. The molecule has 2 aromatic rings. The van der Waals surface area contributed by atoms with E-state index < -0.39 is 29.2 Å². The van der Waals surface area contributed by atoms with E-state index in [9.17, 15) is 23.5 Å². The Morgan fingerprint density at radius 1 is 1.27 bits per heavy atom. The average molecular weight is 479 g/mol. The monoisotopic (exact) mass is 478 g/mol. The van der Waals surface area contributed by atoms with Gasteiger partial charge in [0.15, 0.2) is 5.69 Å². The molecular formula is C23H25ClF2N4O3. The molecule has 2 amide bonds. The Balaban J connectivity index is 1.82. The lowest BCUT2D eigenvalue weighted by Crippen LogP contribution is -2.47. The molecule has 10 heteroatoms. The van der Waals surface area contributed by atoms with Gasteiger partial charge in [-0.2, -0.15) is 0 Å². The molecule has 2 aliphatic rings. The number of carboxylic acid groups (broad SMARTS) is 1. The molecule has 2 atom stereocenters. The summed E-state index contributed by atoms with van der Waals surface area (Å²) in [6.45, 7) is 4.31. The van der Waals surface area contributed by atoms with Gasteiger partial charge in [0.25, 0.3) is 5.91 Å². The van der Waals surface area contributed by atoms with E-state index in [-0.39, 0.29) is 34.4 Å². The van der Waals surface area contributed by atoms with Crippen molar-refractivity contribution in [3.63, 3.8) is 0 Å². The Morgan fingerprint density at radius 3 is 2.55 bits per heavy atom. The van der Waals surface area contributed by atoms with Crippen LogP contribution in [0.1, 0.15) is 43.6 Å². The van der Waals surface area contributed by atoms with Gasteiger partial charge in [-0.25, -0.2) is 18.6 Å². The Kier molecular flexibility index (Phi) is 6.18. The van der Waals surface area contributed by atoms with Crippen LogP contribution >= 0.6 is 11.6 Å². The Hall–Kier alpha value is -2.94. The topological polar surface area (TPSA) is 94.6 Å². The maximum atomic E-state index is 14.1. The van der Waals surface area contributed by atoms with E-state index in [0.29, 0.717) is 24.6 Å². The summed E-state index contributed by atoms with van der Waals surface area (Å²) < 4.78 is 28.2. The van der Waals surface area contributed by atoms with Crippen molar-refractivity contribution in [1.29, 1.82) is 0 Å². The summed E-state index contributed by atoms with van der Waals surface area (Å²) in [5.74, 6) is -1.57. The Morgan fingerprint density at radius 2 is 1.94 bits per heavy atom. The van der Waals surface area contributed by atoms with Crippen molar-refractivity contribution < 1.29 is 23.5 Å². The minimum Gasteiger partial charge on any atom is -0.465 e. The van der Waals surface area contributed by atoms with Crippen molar-refractivity contribution in [3.05, 3.63) is 46.7 Å². The van der Waals surface area contributed by atoms with Crippen molar-refractivity contribution in [2.45, 2.75) is 44.7 Å². The Bertz CT molecular complexity index is 1090. The molecule has 1 saturated carbocycles. The number of rotatable bonds is 6. The predicted molar refractivity (Wildman–Crippen MR) is 121 cm³/mol. The smallest absolute Gasteiger partial charge is 0.405 e. The van der Waals surface area contributed by atoms with E-state index in [0.717, 1.165) is 31.0 Å². The number of amides is 2. The van der Waals surface area contributed by atoms with Gasteiger partial charge in [-0.3, -0.25) is 4.79 Å². The second-order valence-corrected chi connectivity index (χ2v) is 9.51. The molecule has 7 nitrogen and oxygen atoms in total. The van der Waals surface area contributed by atoms with Crippen LogP contribution in [0, 0.1) is 17.6 Å². The van der Waals surface area contributed by atoms with Crippen LogP contribution in [0.3, 0.4) is 0 Å². The van der Waals surface area contributed by atoms with Gasteiger partial charge in [0.2, 0.25) is 0 Å². The van der Waals surface area contributed by atoms with Gasteiger partial charge >= 0.3 is 6.09 Å². The van der Waals surface area contributed by atoms with E-state index in [1.54, 1.807) is 11.8 Å². The molecule has 176 valence electrons. The molecular weight excluding hydrogens is 454 g/mol. The SMILES string of the molecule is CC(NC(=O)c1ncc(Cl)c(-c2cc(F)cc(F)c2)c1N1CC[C@](C)(NC(=O)O)C1)C1CC1. The third kappa shape index (κ3) is 5.03. The van der Waals surface area contributed by atoms with Crippen molar-refractivity contribution in [1.82, 2.24) is 15.6 Å². The third-order valence-electron chi connectivity index (χ3n) is 6.26. The molecule has 2 fully saturated rings. The number of anilines is 1. The van der Waals surface area contributed by atoms with Gasteiger partial charge in [0.1, 0.15) is 11.6 Å². The first-order chi connectivity index (χ1) is 15.6. The zero-order chi connectivity index (χ0) is 23.9.